The number of benzene rings is 2. The second kappa shape index (κ2) is 15.5. The molecule has 1 aliphatic heterocycles. The summed E-state index contributed by atoms with van der Waals surface area (Å²) in [6.45, 7) is 1.13. The van der Waals surface area contributed by atoms with Crippen LogP contribution in [0.2, 0.25) is 0 Å². The van der Waals surface area contributed by atoms with E-state index in [1.54, 1.807) is 0 Å². The van der Waals surface area contributed by atoms with Crippen LogP contribution in [0.25, 0.3) is 0 Å². The van der Waals surface area contributed by atoms with E-state index in [4.69, 9.17) is 21.7 Å². The van der Waals surface area contributed by atoms with E-state index >= 15 is 0 Å². The van der Waals surface area contributed by atoms with Crippen LogP contribution in [-0.4, -0.2) is 66.1 Å². The molecule has 1 saturated heterocycles. The summed E-state index contributed by atoms with van der Waals surface area (Å²) in [4.78, 5) is 50.7. The number of piperazine rings is 1. The maximum absolute atomic E-state index is 12.5. The predicted molar refractivity (Wildman–Crippen MR) is 145 cm³/mol. The predicted octanol–water partition coefficient (Wildman–Crippen LogP) is 2.32. The van der Waals surface area contributed by atoms with Crippen LogP contribution in [0.5, 0.6) is 0 Å². The summed E-state index contributed by atoms with van der Waals surface area (Å²) < 4.78 is 10.5. The number of hydrogen-bond acceptors (Lipinski definition) is 7. The molecule has 0 spiro atoms. The molecular formula is C28H33N3O6S. The van der Waals surface area contributed by atoms with Gasteiger partial charge in [-0.2, -0.15) is 0 Å². The lowest BCUT2D eigenvalue weighted by Gasteiger charge is -2.36. The summed E-state index contributed by atoms with van der Waals surface area (Å²) in [6, 6.07) is 18.6. The average molecular weight is 540 g/mol. The summed E-state index contributed by atoms with van der Waals surface area (Å²) in [6.07, 6.45) is 1.66. The van der Waals surface area contributed by atoms with Crippen molar-refractivity contribution in [2.75, 3.05) is 26.3 Å². The van der Waals surface area contributed by atoms with E-state index < -0.39 is 23.9 Å². The Hall–Kier alpha value is -3.79. The molecule has 0 aromatic heterocycles. The number of nitrogens with one attached hydrogen (secondary N) is 2. The van der Waals surface area contributed by atoms with E-state index in [1.807, 2.05) is 60.7 Å². The fraction of sp³-hybridized carbons (Fsp3) is 0.393. The molecule has 1 aliphatic rings. The molecule has 10 heteroatoms. The zero-order valence-corrected chi connectivity index (χ0v) is 22.0. The van der Waals surface area contributed by atoms with Gasteiger partial charge in [-0.05, 0) is 36.2 Å². The summed E-state index contributed by atoms with van der Waals surface area (Å²) >= 11 is 5.34. The molecular weight excluding hydrogens is 506 g/mol. The Labute approximate surface area is 227 Å². The van der Waals surface area contributed by atoms with Gasteiger partial charge in [0.15, 0.2) is 5.11 Å². The van der Waals surface area contributed by atoms with Gasteiger partial charge < -0.3 is 25.0 Å². The third-order valence-corrected chi connectivity index (χ3v) is 6.30. The highest BCUT2D eigenvalue weighted by Crippen LogP contribution is 2.12. The Balaban J connectivity index is 1.37. The molecule has 2 amide bonds. The largest absolute Gasteiger partial charge is 0.466 e. The van der Waals surface area contributed by atoms with Crippen LogP contribution < -0.4 is 10.6 Å². The molecule has 0 aliphatic carbocycles. The summed E-state index contributed by atoms with van der Waals surface area (Å²) in [5.41, 5.74) is 2.21. The molecule has 1 atom stereocenters. The SMILES string of the molecule is O=C(CCC(=O)OCCCc1ccccc1)NC(=S)N1CCNC(=O)C1CC(=O)OCCc1ccccc1. The maximum atomic E-state index is 12.5. The zero-order chi connectivity index (χ0) is 27.2. The van der Waals surface area contributed by atoms with Gasteiger partial charge in [-0.25, -0.2) is 0 Å². The van der Waals surface area contributed by atoms with Crippen molar-refractivity contribution in [1.29, 1.82) is 0 Å². The lowest BCUT2D eigenvalue weighted by atomic mass is 10.1. The van der Waals surface area contributed by atoms with Crippen molar-refractivity contribution in [2.24, 2.45) is 0 Å². The van der Waals surface area contributed by atoms with Crippen LogP contribution in [0.3, 0.4) is 0 Å². The topological polar surface area (TPSA) is 114 Å². The third kappa shape index (κ3) is 9.93. The molecule has 0 radical (unpaired) electrons. The van der Waals surface area contributed by atoms with Crippen molar-refractivity contribution >= 4 is 41.1 Å². The highest BCUT2D eigenvalue weighted by molar-refractivity contribution is 7.80. The van der Waals surface area contributed by atoms with Gasteiger partial charge in [0.25, 0.3) is 0 Å². The maximum Gasteiger partial charge on any atom is 0.308 e. The van der Waals surface area contributed by atoms with E-state index in [0.29, 0.717) is 25.9 Å². The van der Waals surface area contributed by atoms with E-state index in [1.165, 1.54) is 10.5 Å². The van der Waals surface area contributed by atoms with E-state index in [0.717, 1.165) is 12.0 Å². The van der Waals surface area contributed by atoms with Crippen molar-refractivity contribution in [3.8, 4) is 0 Å². The van der Waals surface area contributed by atoms with Crippen molar-refractivity contribution < 1.29 is 28.7 Å². The van der Waals surface area contributed by atoms with Crippen molar-refractivity contribution in [3.05, 3.63) is 71.8 Å². The monoisotopic (exact) mass is 539 g/mol. The van der Waals surface area contributed by atoms with E-state index in [9.17, 15) is 19.2 Å². The summed E-state index contributed by atoms with van der Waals surface area (Å²) in [7, 11) is 0. The summed E-state index contributed by atoms with van der Waals surface area (Å²) in [5.74, 6) is -1.83. The molecule has 38 heavy (non-hydrogen) atoms. The summed E-state index contributed by atoms with van der Waals surface area (Å²) in [5, 5.41) is 5.30. The number of hydrogen-bond donors (Lipinski definition) is 2. The Morgan fingerprint density at radius 2 is 1.53 bits per heavy atom. The second-order valence-electron chi connectivity index (χ2n) is 8.82. The normalized spacial score (nSPS) is 14.8. The minimum Gasteiger partial charge on any atom is -0.466 e. The highest BCUT2D eigenvalue weighted by Gasteiger charge is 2.34. The first-order valence-corrected chi connectivity index (χ1v) is 13.1. The number of carbonyl (C=O) groups is 4. The van der Waals surface area contributed by atoms with Crippen molar-refractivity contribution in [2.45, 2.75) is 44.6 Å². The lowest BCUT2D eigenvalue weighted by molar-refractivity contribution is -0.147. The first-order chi connectivity index (χ1) is 18.4. The van der Waals surface area contributed by atoms with Crippen molar-refractivity contribution in [3.63, 3.8) is 0 Å². The number of nitrogens with zero attached hydrogens (tertiary/aromatic N) is 1. The Bertz CT molecular complexity index is 1100. The number of thiocarbonyl (C=S) groups is 1. The molecule has 3 rings (SSSR count). The minimum atomic E-state index is -0.893. The van der Waals surface area contributed by atoms with Crippen LogP contribution in [0.1, 0.15) is 36.8 Å². The third-order valence-electron chi connectivity index (χ3n) is 5.97. The van der Waals surface area contributed by atoms with E-state index in [2.05, 4.69) is 10.6 Å². The van der Waals surface area contributed by atoms with Crippen LogP contribution in [-0.2, 0) is 41.5 Å². The molecule has 0 saturated carbocycles. The molecule has 202 valence electrons. The van der Waals surface area contributed by atoms with Crippen LogP contribution >= 0.6 is 12.2 Å². The van der Waals surface area contributed by atoms with Gasteiger partial charge in [0.2, 0.25) is 11.8 Å². The molecule has 0 bridgehead atoms. The van der Waals surface area contributed by atoms with Crippen LogP contribution in [0, 0.1) is 0 Å². The van der Waals surface area contributed by atoms with Gasteiger partial charge >= 0.3 is 11.9 Å². The van der Waals surface area contributed by atoms with Gasteiger partial charge in [0.05, 0.1) is 26.1 Å². The van der Waals surface area contributed by atoms with Crippen LogP contribution in [0.15, 0.2) is 60.7 Å². The molecule has 2 N–H and O–H groups in total. The quantitative estimate of drug-likeness (QED) is 0.240. The minimum absolute atomic E-state index is 0.0307. The number of aryl methyl sites for hydroxylation is 1. The fourth-order valence-electron chi connectivity index (χ4n) is 3.95. The number of rotatable bonds is 12. The van der Waals surface area contributed by atoms with Gasteiger partial charge in [0, 0.05) is 25.9 Å². The Morgan fingerprint density at radius 3 is 2.21 bits per heavy atom. The number of ether oxygens (including phenoxy) is 2. The Kier molecular flexibility index (Phi) is 11.7. The number of carbonyl (C=O) groups excluding carboxylic acids is 4. The smallest absolute Gasteiger partial charge is 0.308 e. The van der Waals surface area contributed by atoms with Gasteiger partial charge in [-0.1, -0.05) is 60.7 Å². The fourth-order valence-corrected chi connectivity index (χ4v) is 4.29. The molecule has 2 aromatic rings. The first-order valence-electron chi connectivity index (χ1n) is 12.7. The van der Waals surface area contributed by atoms with Crippen LogP contribution in [0.4, 0.5) is 0 Å². The molecule has 1 unspecified atom stereocenters. The second-order valence-corrected chi connectivity index (χ2v) is 9.21. The highest BCUT2D eigenvalue weighted by atomic mass is 32.1. The lowest BCUT2D eigenvalue weighted by Crippen LogP contribution is -2.60. The van der Waals surface area contributed by atoms with E-state index in [-0.39, 0.29) is 43.5 Å². The standard InChI is InChI=1S/C28H33N3O6S/c32-24(13-14-25(33)36-18-7-12-21-8-3-1-4-9-21)30-28(38)31-17-16-29-27(35)23(31)20-26(34)37-19-15-22-10-5-2-6-11-22/h1-6,8-11,23H,7,12-20H2,(H,29,35)(H,30,32,38). The average Bonchev–Trinajstić information content (AvgIpc) is 2.92. The van der Waals surface area contributed by atoms with Crippen molar-refractivity contribution in [1.82, 2.24) is 15.5 Å². The zero-order valence-electron chi connectivity index (χ0n) is 21.2. The number of esters is 2. The Morgan fingerprint density at radius 1 is 0.895 bits per heavy atom. The molecule has 9 nitrogen and oxygen atoms in total. The van der Waals surface area contributed by atoms with Gasteiger partial charge in [0.1, 0.15) is 6.04 Å². The van der Waals surface area contributed by atoms with Gasteiger partial charge in [-0.15, -0.1) is 0 Å². The molecule has 2 aromatic carbocycles. The van der Waals surface area contributed by atoms with Gasteiger partial charge in [-0.3, -0.25) is 19.2 Å². The first kappa shape index (κ1) is 28.8. The number of amides is 2. The molecule has 1 heterocycles. The molecule has 1 fully saturated rings.